The van der Waals surface area contributed by atoms with Gasteiger partial charge in [0.15, 0.2) is 6.23 Å². The molecule has 2 aromatic rings. The number of hydrazone groups is 1. The fourth-order valence-corrected chi connectivity index (χ4v) is 2.11. The number of aliphatic hydroxyl groups is 1. The summed E-state index contributed by atoms with van der Waals surface area (Å²) in [6.07, 6.45) is -0.0264. The van der Waals surface area contributed by atoms with E-state index in [-0.39, 0.29) is 0 Å². The van der Waals surface area contributed by atoms with Crippen LogP contribution in [0.3, 0.4) is 0 Å². The topological polar surface area (TPSA) is 35.8 Å². The van der Waals surface area contributed by atoms with Gasteiger partial charge in [-0.15, -0.1) is 0 Å². The number of aliphatic hydroxyl groups excluding tert-OH is 1. The van der Waals surface area contributed by atoms with Crippen molar-refractivity contribution in [2.75, 3.05) is 5.01 Å². The fraction of sp³-hybridized carbons (Fsp3) is 0.133. The van der Waals surface area contributed by atoms with Crippen molar-refractivity contribution in [3.8, 4) is 0 Å². The Balaban J connectivity index is 1.92. The Hall–Kier alpha value is -2.13. The van der Waals surface area contributed by atoms with Gasteiger partial charge in [-0.25, -0.2) is 5.01 Å². The molecular formula is C15H14N2O. The van der Waals surface area contributed by atoms with Gasteiger partial charge in [-0.2, -0.15) is 5.10 Å². The first-order chi connectivity index (χ1) is 8.84. The quantitative estimate of drug-likeness (QED) is 0.873. The van der Waals surface area contributed by atoms with Crippen molar-refractivity contribution in [2.45, 2.75) is 12.6 Å². The zero-order chi connectivity index (χ0) is 12.4. The van der Waals surface area contributed by atoms with Crippen LogP contribution < -0.4 is 5.01 Å². The van der Waals surface area contributed by atoms with E-state index in [1.807, 2.05) is 60.7 Å². The first-order valence-corrected chi connectivity index (χ1v) is 6.00. The van der Waals surface area contributed by atoms with E-state index in [0.717, 1.165) is 17.0 Å². The smallest absolute Gasteiger partial charge is 0.153 e. The molecular weight excluding hydrogens is 224 g/mol. The van der Waals surface area contributed by atoms with Crippen molar-refractivity contribution in [3.05, 3.63) is 66.2 Å². The van der Waals surface area contributed by atoms with Crippen LogP contribution in [-0.2, 0) is 0 Å². The molecule has 0 radical (unpaired) electrons. The van der Waals surface area contributed by atoms with Crippen LogP contribution in [0.4, 0.5) is 5.69 Å². The van der Waals surface area contributed by atoms with Crippen LogP contribution in [0.2, 0.25) is 0 Å². The molecule has 90 valence electrons. The highest BCUT2D eigenvalue weighted by Gasteiger charge is 2.25. The van der Waals surface area contributed by atoms with Gasteiger partial charge in [-0.05, 0) is 17.7 Å². The molecule has 0 amide bonds. The Morgan fingerprint density at radius 2 is 1.56 bits per heavy atom. The Morgan fingerprint density at radius 1 is 0.944 bits per heavy atom. The number of benzene rings is 2. The highest BCUT2D eigenvalue weighted by molar-refractivity contribution is 6.02. The van der Waals surface area contributed by atoms with E-state index in [4.69, 9.17) is 0 Å². The van der Waals surface area contributed by atoms with E-state index in [1.165, 1.54) is 0 Å². The monoisotopic (exact) mass is 238 g/mol. The van der Waals surface area contributed by atoms with Gasteiger partial charge in [0.25, 0.3) is 0 Å². The average molecular weight is 238 g/mol. The summed E-state index contributed by atoms with van der Waals surface area (Å²) in [7, 11) is 0. The number of para-hydroxylation sites is 1. The highest BCUT2D eigenvalue weighted by Crippen LogP contribution is 2.24. The first kappa shape index (κ1) is 11.0. The maximum absolute atomic E-state index is 10.1. The third kappa shape index (κ3) is 2.00. The van der Waals surface area contributed by atoms with Crippen LogP contribution in [0.5, 0.6) is 0 Å². The third-order valence-corrected chi connectivity index (χ3v) is 3.01. The van der Waals surface area contributed by atoms with Crippen LogP contribution >= 0.6 is 0 Å². The van der Waals surface area contributed by atoms with Gasteiger partial charge in [0, 0.05) is 6.42 Å². The van der Waals surface area contributed by atoms with Gasteiger partial charge < -0.3 is 5.11 Å². The minimum atomic E-state index is -0.581. The lowest BCUT2D eigenvalue weighted by molar-refractivity contribution is 0.187. The molecule has 3 heteroatoms. The Kier molecular flexibility index (Phi) is 2.82. The number of hydrogen-bond acceptors (Lipinski definition) is 3. The molecule has 1 aliphatic rings. The Labute approximate surface area is 106 Å². The SMILES string of the molecule is OC1CC(c2ccccc2)=NN1c1ccccc1. The summed E-state index contributed by atoms with van der Waals surface area (Å²) in [5.41, 5.74) is 2.90. The number of hydrogen-bond donors (Lipinski definition) is 1. The second-order valence-electron chi connectivity index (χ2n) is 4.28. The molecule has 0 saturated carbocycles. The van der Waals surface area contributed by atoms with E-state index in [2.05, 4.69) is 5.10 Å². The van der Waals surface area contributed by atoms with E-state index < -0.39 is 6.23 Å². The van der Waals surface area contributed by atoms with Crippen molar-refractivity contribution in [1.82, 2.24) is 0 Å². The molecule has 0 fully saturated rings. The summed E-state index contributed by atoms with van der Waals surface area (Å²) >= 11 is 0. The van der Waals surface area contributed by atoms with Gasteiger partial charge in [0.2, 0.25) is 0 Å². The molecule has 3 nitrogen and oxygen atoms in total. The summed E-state index contributed by atoms with van der Waals surface area (Å²) in [5, 5.41) is 16.3. The van der Waals surface area contributed by atoms with Crippen molar-refractivity contribution in [3.63, 3.8) is 0 Å². The molecule has 1 aliphatic heterocycles. The first-order valence-electron chi connectivity index (χ1n) is 6.00. The molecule has 1 N–H and O–H groups in total. The van der Waals surface area contributed by atoms with Crippen LogP contribution in [-0.4, -0.2) is 17.0 Å². The largest absolute Gasteiger partial charge is 0.371 e. The molecule has 1 atom stereocenters. The predicted octanol–water partition coefficient (Wildman–Crippen LogP) is 2.62. The molecule has 2 aromatic carbocycles. The summed E-state index contributed by atoms with van der Waals surface area (Å²) in [4.78, 5) is 0. The maximum atomic E-state index is 10.1. The maximum Gasteiger partial charge on any atom is 0.153 e. The van der Waals surface area contributed by atoms with Gasteiger partial charge in [-0.3, -0.25) is 0 Å². The fourth-order valence-electron chi connectivity index (χ4n) is 2.11. The van der Waals surface area contributed by atoms with E-state index >= 15 is 0 Å². The van der Waals surface area contributed by atoms with Crippen molar-refractivity contribution < 1.29 is 5.11 Å². The molecule has 1 unspecified atom stereocenters. The number of nitrogens with zero attached hydrogens (tertiary/aromatic N) is 2. The molecule has 1 heterocycles. The molecule has 0 bridgehead atoms. The molecule has 18 heavy (non-hydrogen) atoms. The minimum Gasteiger partial charge on any atom is -0.371 e. The predicted molar refractivity (Wildman–Crippen MR) is 72.5 cm³/mol. The van der Waals surface area contributed by atoms with Gasteiger partial charge in [-0.1, -0.05) is 48.5 Å². The number of rotatable bonds is 2. The second-order valence-corrected chi connectivity index (χ2v) is 4.28. The number of anilines is 1. The summed E-state index contributed by atoms with van der Waals surface area (Å²) in [6, 6.07) is 19.7. The third-order valence-electron chi connectivity index (χ3n) is 3.01. The highest BCUT2D eigenvalue weighted by atomic mass is 16.3. The lowest BCUT2D eigenvalue weighted by Gasteiger charge is -2.18. The Bertz CT molecular complexity index is 551. The van der Waals surface area contributed by atoms with Gasteiger partial charge in [0.1, 0.15) is 0 Å². The van der Waals surface area contributed by atoms with Gasteiger partial charge >= 0.3 is 0 Å². The van der Waals surface area contributed by atoms with E-state index in [0.29, 0.717) is 6.42 Å². The van der Waals surface area contributed by atoms with Crippen molar-refractivity contribution >= 4 is 11.4 Å². The lowest BCUT2D eigenvalue weighted by atomic mass is 10.1. The van der Waals surface area contributed by atoms with Crippen molar-refractivity contribution in [1.29, 1.82) is 0 Å². The molecule has 0 saturated heterocycles. The summed E-state index contributed by atoms with van der Waals surface area (Å²) in [6.45, 7) is 0. The van der Waals surface area contributed by atoms with Crippen LogP contribution in [0.1, 0.15) is 12.0 Å². The van der Waals surface area contributed by atoms with E-state index in [9.17, 15) is 5.11 Å². The molecule has 0 spiro atoms. The second kappa shape index (κ2) is 4.63. The van der Waals surface area contributed by atoms with Crippen LogP contribution in [0, 0.1) is 0 Å². The standard InChI is InChI=1S/C15H14N2O/c18-15-11-14(12-7-3-1-4-8-12)16-17(15)13-9-5-2-6-10-13/h1-10,15,18H,11H2. The summed E-state index contributed by atoms with van der Waals surface area (Å²) < 4.78 is 0. The molecule has 0 aliphatic carbocycles. The van der Waals surface area contributed by atoms with Crippen LogP contribution in [0.15, 0.2) is 65.8 Å². The zero-order valence-electron chi connectivity index (χ0n) is 9.90. The minimum absolute atomic E-state index is 0.554. The van der Waals surface area contributed by atoms with Crippen LogP contribution in [0.25, 0.3) is 0 Å². The zero-order valence-corrected chi connectivity index (χ0v) is 9.90. The average Bonchev–Trinajstić information content (AvgIpc) is 2.83. The Morgan fingerprint density at radius 3 is 2.22 bits per heavy atom. The molecule has 3 rings (SSSR count). The lowest BCUT2D eigenvalue weighted by Crippen LogP contribution is -2.25. The molecule has 0 aromatic heterocycles. The van der Waals surface area contributed by atoms with E-state index in [1.54, 1.807) is 5.01 Å². The van der Waals surface area contributed by atoms with Crippen molar-refractivity contribution in [2.24, 2.45) is 5.10 Å². The summed E-state index contributed by atoms with van der Waals surface area (Å²) in [5.74, 6) is 0. The van der Waals surface area contributed by atoms with Gasteiger partial charge in [0.05, 0.1) is 11.4 Å². The normalized spacial score (nSPS) is 18.8.